The number of aromatic nitrogens is 4. The van der Waals surface area contributed by atoms with Crippen LogP contribution in [0.1, 0.15) is 31.9 Å². The third-order valence-corrected chi connectivity index (χ3v) is 7.22. The molecule has 38 heavy (non-hydrogen) atoms. The van der Waals surface area contributed by atoms with Crippen molar-refractivity contribution in [3.05, 3.63) is 66.0 Å². The van der Waals surface area contributed by atoms with Gasteiger partial charge in [-0.05, 0) is 51.1 Å². The number of pyridine rings is 1. The highest BCUT2D eigenvalue weighted by Crippen LogP contribution is 2.28. The van der Waals surface area contributed by atoms with Gasteiger partial charge in [0.25, 0.3) is 0 Å². The predicted octanol–water partition coefficient (Wildman–Crippen LogP) is 6.49. The fraction of sp³-hybridized carbons (Fsp3) is 0.345. The number of anilines is 1. The first-order valence-corrected chi connectivity index (χ1v) is 16.4. The number of rotatable bonds is 7. The van der Waals surface area contributed by atoms with Crippen LogP contribution in [0.3, 0.4) is 0 Å². The normalized spacial score (nSPS) is 11.7. The molecule has 0 aliphatic carbocycles. The van der Waals surface area contributed by atoms with E-state index < -0.39 is 19.8 Å². The Morgan fingerprint density at radius 2 is 1.84 bits per heavy atom. The SMILES string of the molecule is CC(C)(C)OC(=O)Nc1nc2c(-c3cc(C#Cc4ccccc4)cn3COCC[Si](C)(C)C)nccc2[nH]1. The maximum atomic E-state index is 12.3. The van der Waals surface area contributed by atoms with Crippen molar-refractivity contribution in [2.24, 2.45) is 0 Å². The monoisotopic (exact) mass is 529 g/mol. The Bertz CT molecular complexity index is 1470. The summed E-state index contributed by atoms with van der Waals surface area (Å²) in [4.78, 5) is 24.7. The quantitative estimate of drug-likeness (QED) is 0.162. The lowest BCUT2D eigenvalue weighted by molar-refractivity contribution is 0.0635. The minimum Gasteiger partial charge on any atom is -0.444 e. The Kier molecular flexibility index (Phi) is 8.04. The van der Waals surface area contributed by atoms with Crippen LogP contribution in [-0.4, -0.2) is 45.9 Å². The highest BCUT2D eigenvalue weighted by molar-refractivity contribution is 6.76. The van der Waals surface area contributed by atoms with Crippen LogP contribution in [0.5, 0.6) is 0 Å². The molecule has 4 rings (SSSR count). The number of imidazole rings is 1. The standard InChI is InChI=1S/C29H35N5O3Si/c1-29(2,3)37-28(35)33-27-31-23-14-15-30-26(25(23)32-27)24-18-22(13-12-21-10-8-7-9-11-21)19-34(24)20-36-16-17-38(4,5)6/h7-11,14-15,18-19H,16-17,20H2,1-6H3,(H2,31,32,33,35). The van der Waals surface area contributed by atoms with Crippen molar-refractivity contribution in [2.45, 2.75) is 58.8 Å². The second kappa shape index (κ2) is 11.3. The molecule has 198 valence electrons. The molecule has 0 saturated carbocycles. The maximum Gasteiger partial charge on any atom is 0.414 e. The van der Waals surface area contributed by atoms with Gasteiger partial charge in [-0.15, -0.1) is 0 Å². The van der Waals surface area contributed by atoms with Crippen molar-refractivity contribution in [2.75, 3.05) is 11.9 Å². The van der Waals surface area contributed by atoms with E-state index in [1.165, 1.54) is 0 Å². The number of nitrogens with zero attached hydrogens (tertiary/aromatic N) is 3. The van der Waals surface area contributed by atoms with E-state index in [2.05, 4.69) is 51.8 Å². The number of aromatic amines is 1. The number of ether oxygens (including phenoxy) is 2. The Morgan fingerprint density at radius 1 is 1.11 bits per heavy atom. The summed E-state index contributed by atoms with van der Waals surface area (Å²) in [5.74, 6) is 6.77. The number of amides is 1. The van der Waals surface area contributed by atoms with E-state index in [1.54, 1.807) is 6.20 Å². The lowest BCUT2D eigenvalue weighted by Crippen LogP contribution is -2.27. The molecule has 0 bridgehead atoms. The van der Waals surface area contributed by atoms with Crippen LogP contribution in [-0.2, 0) is 16.2 Å². The van der Waals surface area contributed by atoms with Gasteiger partial charge >= 0.3 is 6.09 Å². The van der Waals surface area contributed by atoms with E-state index in [-0.39, 0.29) is 5.95 Å². The first kappa shape index (κ1) is 27.2. The van der Waals surface area contributed by atoms with Crippen molar-refractivity contribution >= 4 is 31.1 Å². The zero-order valence-electron chi connectivity index (χ0n) is 22.9. The lowest BCUT2D eigenvalue weighted by Gasteiger charge is -2.18. The minimum atomic E-state index is -1.21. The Morgan fingerprint density at radius 3 is 2.55 bits per heavy atom. The Labute approximate surface area is 224 Å². The zero-order valence-corrected chi connectivity index (χ0v) is 23.9. The van der Waals surface area contributed by atoms with E-state index in [0.717, 1.165) is 28.4 Å². The van der Waals surface area contributed by atoms with Gasteiger partial charge in [-0.2, -0.15) is 0 Å². The highest BCUT2D eigenvalue weighted by atomic mass is 28.3. The molecule has 3 aromatic heterocycles. The third-order valence-electron chi connectivity index (χ3n) is 5.51. The van der Waals surface area contributed by atoms with Crippen molar-refractivity contribution < 1.29 is 14.3 Å². The van der Waals surface area contributed by atoms with E-state index in [0.29, 0.717) is 24.5 Å². The van der Waals surface area contributed by atoms with Crippen molar-refractivity contribution in [3.63, 3.8) is 0 Å². The van der Waals surface area contributed by atoms with Crippen molar-refractivity contribution in [1.29, 1.82) is 0 Å². The average Bonchev–Trinajstić information content (AvgIpc) is 3.42. The van der Waals surface area contributed by atoms with Crippen LogP contribution in [0.4, 0.5) is 10.7 Å². The molecule has 0 spiro atoms. The fourth-order valence-electron chi connectivity index (χ4n) is 3.67. The molecular weight excluding hydrogens is 494 g/mol. The fourth-order valence-corrected chi connectivity index (χ4v) is 4.43. The zero-order chi connectivity index (χ0) is 27.3. The molecule has 8 nitrogen and oxygen atoms in total. The molecule has 1 amide bonds. The van der Waals surface area contributed by atoms with E-state index in [9.17, 15) is 4.79 Å². The molecule has 0 saturated heterocycles. The number of carbonyl (C=O) groups excluding carboxylic acids is 1. The molecule has 2 N–H and O–H groups in total. The second-order valence-corrected chi connectivity index (χ2v) is 16.9. The van der Waals surface area contributed by atoms with Crippen LogP contribution < -0.4 is 5.32 Å². The Balaban J connectivity index is 1.66. The molecule has 0 radical (unpaired) electrons. The van der Waals surface area contributed by atoms with Gasteiger partial charge < -0.3 is 19.0 Å². The van der Waals surface area contributed by atoms with Gasteiger partial charge in [0.1, 0.15) is 23.5 Å². The van der Waals surface area contributed by atoms with Gasteiger partial charge in [0.15, 0.2) is 0 Å². The number of fused-ring (bicyclic) bond motifs is 1. The average molecular weight is 530 g/mol. The molecule has 9 heteroatoms. The van der Waals surface area contributed by atoms with E-state index in [1.807, 2.05) is 74.0 Å². The number of H-pyrrole nitrogens is 1. The van der Waals surface area contributed by atoms with Gasteiger partial charge in [0.05, 0.1) is 11.2 Å². The van der Waals surface area contributed by atoms with Gasteiger partial charge in [-0.1, -0.05) is 49.7 Å². The molecular formula is C29H35N5O3Si. The summed E-state index contributed by atoms with van der Waals surface area (Å²) in [7, 11) is -1.21. The maximum absolute atomic E-state index is 12.3. The van der Waals surface area contributed by atoms with Crippen LogP contribution in [0.15, 0.2) is 54.9 Å². The largest absolute Gasteiger partial charge is 0.444 e. The summed E-state index contributed by atoms with van der Waals surface area (Å²) in [6.45, 7) is 13.5. The van der Waals surface area contributed by atoms with Crippen molar-refractivity contribution in [3.8, 4) is 23.2 Å². The first-order chi connectivity index (χ1) is 18.0. The number of carbonyl (C=O) groups is 1. The first-order valence-electron chi connectivity index (χ1n) is 12.7. The number of nitrogens with one attached hydrogen (secondary N) is 2. The minimum absolute atomic E-state index is 0.289. The molecule has 3 heterocycles. The summed E-state index contributed by atoms with van der Waals surface area (Å²) in [5.41, 5.74) is 4.04. The van der Waals surface area contributed by atoms with Gasteiger partial charge in [0.2, 0.25) is 5.95 Å². The smallest absolute Gasteiger partial charge is 0.414 e. The van der Waals surface area contributed by atoms with Gasteiger partial charge in [-0.3, -0.25) is 10.3 Å². The van der Waals surface area contributed by atoms with Gasteiger partial charge in [-0.25, -0.2) is 9.78 Å². The summed E-state index contributed by atoms with van der Waals surface area (Å²) in [6.07, 6.45) is 3.11. The molecule has 1 aromatic carbocycles. The number of hydrogen-bond donors (Lipinski definition) is 2. The second-order valence-electron chi connectivity index (χ2n) is 11.3. The van der Waals surface area contributed by atoms with Crippen LogP contribution in [0, 0.1) is 11.8 Å². The lowest BCUT2D eigenvalue weighted by atomic mass is 10.2. The third kappa shape index (κ3) is 7.57. The topological polar surface area (TPSA) is 94.1 Å². The molecule has 0 fully saturated rings. The summed E-state index contributed by atoms with van der Waals surface area (Å²) in [5, 5.41) is 2.68. The van der Waals surface area contributed by atoms with Gasteiger partial charge in [0, 0.05) is 38.2 Å². The predicted molar refractivity (Wildman–Crippen MR) is 154 cm³/mol. The summed E-state index contributed by atoms with van der Waals surface area (Å²) < 4.78 is 13.4. The van der Waals surface area contributed by atoms with Crippen molar-refractivity contribution in [1.82, 2.24) is 19.5 Å². The molecule has 0 atom stereocenters. The molecule has 0 aliphatic heterocycles. The van der Waals surface area contributed by atoms with Crippen LogP contribution in [0.25, 0.3) is 22.4 Å². The molecule has 0 unspecified atom stereocenters. The summed E-state index contributed by atoms with van der Waals surface area (Å²) in [6, 6.07) is 14.8. The van der Waals surface area contributed by atoms with E-state index in [4.69, 9.17) is 9.47 Å². The van der Waals surface area contributed by atoms with Crippen LogP contribution in [0.2, 0.25) is 25.7 Å². The highest BCUT2D eigenvalue weighted by Gasteiger charge is 2.20. The Hall–Kier alpha value is -3.87. The summed E-state index contributed by atoms with van der Waals surface area (Å²) >= 11 is 0. The van der Waals surface area contributed by atoms with Crippen LogP contribution >= 0.6 is 0 Å². The molecule has 4 aromatic rings. The molecule has 0 aliphatic rings. The van der Waals surface area contributed by atoms with E-state index >= 15 is 0 Å². The number of benzene rings is 1. The number of hydrogen-bond acceptors (Lipinski definition) is 5.